The van der Waals surface area contributed by atoms with Gasteiger partial charge in [-0.25, -0.2) is 0 Å². The Morgan fingerprint density at radius 1 is 0.658 bits per heavy atom. The van der Waals surface area contributed by atoms with E-state index in [2.05, 4.69) is 31.2 Å². The first-order valence-electron chi connectivity index (χ1n) is 15.3. The van der Waals surface area contributed by atoms with Crippen LogP contribution in [0.15, 0.2) is 42.5 Å². The summed E-state index contributed by atoms with van der Waals surface area (Å²) < 4.78 is 10.6. The van der Waals surface area contributed by atoms with Crippen LogP contribution in [-0.2, 0) is 4.79 Å². The number of aldehydes is 1. The summed E-state index contributed by atoms with van der Waals surface area (Å²) in [6, 6.07) is 4.76. The van der Waals surface area contributed by atoms with Gasteiger partial charge >= 0.3 is 5.97 Å². The zero-order valence-corrected chi connectivity index (χ0v) is 24.4. The van der Waals surface area contributed by atoms with E-state index in [1.165, 1.54) is 103 Å². The second-order valence-electron chi connectivity index (χ2n) is 10.3. The van der Waals surface area contributed by atoms with Crippen molar-refractivity contribution in [3.05, 3.63) is 48.1 Å². The normalized spacial score (nSPS) is 11.4. The van der Waals surface area contributed by atoms with Crippen LogP contribution >= 0.6 is 0 Å². The predicted molar refractivity (Wildman–Crippen MR) is 160 cm³/mol. The first kappa shape index (κ1) is 33.7. The second kappa shape index (κ2) is 24.9. The minimum Gasteiger partial charge on any atom is -0.493 e. The van der Waals surface area contributed by atoms with Crippen LogP contribution < -0.4 is 9.47 Å². The van der Waals surface area contributed by atoms with E-state index in [-0.39, 0.29) is 5.97 Å². The summed E-state index contributed by atoms with van der Waals surface area (Å²) in [5, 5.41) is 0. The Bertz CT molecular complexity index is 781. The molecule has 4 nitrogen and oxygen atoms in total. The van der Waals surface area contributed by atoms with Gasteiger partial charge in [-0.05, 0) is 56.7 Å². The van der Waals surface area contributed by atoms with Gasteiger partial charge in [0.1, 0.15) is 6.29 Å². The largest absolute Gasteiger partial charge is 0.493 e. The molecule has 1 rings (SSSR count). The van der Waals surface area contributed by atoms with Crippen LogP contribution in [0.1, 0.15) is 146 Å². The van der Waals surface area contributed by atoms with Gasteiger partial charge in [-0.1, -0.05) is 115 Å². The van der Waals surface area contributed by atoms with Gasteiger partial charge in [0.2, 0.25) is 0 Å². The molecule has 0 fully saturated rings. The molecule has 0 aliphatic carbocycles. The number of benzene rings is 1. The summed E-state index contributed by atoms with van der Waals surface area (Å²) in [5.74, 6) is 0.446. The van der Waals surface area contributed by atoms with Crippen molar-refractivity contribution in [2.75, 3.05) is 7.11 Å². The molecule has 0 heterocycles. The average molecular weight is 527 g/mol. The fraction of sp³-hybridized carbons (Fsp3) is 0.647. The summed E-state index contributed by atoms with van der Waals surface area (Å²) in [4.78, 5) is 22.9. The molecule has 1 aromatic carbocycles. The number of hydrogen-bond donors (Lipinski definition) is 0. The van der Waals surface area contributed by atoms with Crippen molar-refractivity contribution >= 4 is 12.3 Å². The quantitative estimate of drug-likeness (QED) is 0.0418. The smallest absolute Gasteiger partial charge is 0.311 e. The number of ether oxygens (including phenoxy) is 2. The van der Waals surface area contributed by atoms with Gasteiger partial charge in [0.25, 0.3) is 0 Å². The van der Waals surface area contributed by atoms with E-state index in [0.29, 0.717) is 23.5 Å². The number of carbonyl (C=O) groups excluding carboxylic acids is 2. The van der Waals surface area contributed by atoms with Crippen LogP contribution in [0.4, 0.5) is 0 Å². The number of allylic oxidation sites excluding steroid dienone is 4. The van der Waals surface area contributed by atoms with Crippen LogP contribution in [-0.4, -0.2) is 19.4 Å². The lowest BCUT2D eigenvalue weighted by Crippen LogP contribution is -2.08. The lowest BCUT2D eigenvalue weighted by Gasteiger charge is -2.09. The Balaban J connectivity index is 1.89. The summed E-state index contributed by atoms with van der Waals surface area (Å²) >= 11 is 0. The Hall–Kier alpha value is -2.36. The fourth-order valence-corrected chi connectivity index (χ4v) is 4.50. The van der Waals surface area contributed by atoms with Crippen molar-refractivity contribution in [1.29, 1.82) is 0 Å². The van der Waals surface area contributed by atoms with Gasteiger partial charge in [-0.3, -0.25) is 9.59 Å². The highest BCUT2D eigenvalue weighted by molar-refractivity contribution is 5.78. The van der Waals surface area contributed by atoms with Crippen LogP contribution in [0.5, 0.6) is 11.5 Å². The Labute approximate surface area is 233 Å². The van der Waals surface area contributed by atoms with Crippen LogP contribution in [0.25, 0.3) is 0 Å². The maximum absolute atomic E-state index is 12.1. The zero-order valence-electron chi connectivity index (χ0n) is 24.4. The predicted octanol–water partition coefficient (Wildman–Crippen LogP) is 10.3. The third-order valence-corrected chi connectivity index (χ3v) is 6.86. The molecule has 0 amide bonds. The molecule has 0 spiro atoms. The van der Waals surface area contributed by atoms with Gasteiger partial charge in [0.05, 0.1) is 7.11 Å². The molecule has 0 N–H and O–H groups in total. The second-order valence-corrected chi connectivity index (χ2v) is 10.3. The molecule has 0 atom stereocenters. The van der Waals surface area contributed by atoms with E-state index in [1.807, 2.05) is 0 Å². The number of methoxy groups -OCH3 is 1. The van der Waals surface area contributed by atoms with Crippen LogP contribution in [0.3, 0.4) is 0 Å². The van der Waals surface area contributed by atoms with Crippen LogP contribution in [0.2, 0.25) is 0 Å². The Morgan fingerprint density at radius 2 is 1.16 bits per heavy atom. The lowest BCUT2D eigenvalue weighted by molar-refractivity contribution is -0.134. The standard InChI is InChI=1S/C34H54O4/c1-3-4-5-6-7-8-9-10-11-12-13-14-15-16-17-18-19-20-21-22-23-24-25-26-34(36)38-32-28-27-31(30-35)29-33(32)37-2/h18-19,22-23,27-30H,3-17,20-21,24-26H2,1-2H3/b19-18-,23-22-. The van der Waals surface area contributed by atoms with Crippen molar-refractivity contribution in [2.45, 2.75) is 135 Å². The highest BCUT2D eigenvalue weighted by atomic mass is 16.6. The van der Waals surface area contributed by atoms with Crippen molar-refractivity contribution in [1.82, 2.24) is 0 Å². The number of carbonyl (C=O) groups is 2. The molecule has 4 heteroatoms. The molecule has 0 saturated carbocycles. The van der Waals surface area contributed by atoms with Crippen molar-refractivity contribution < 1.29 is 19.1 Å². The third kappa shape index (κ3) is 18.8. The SMILES string of the molecule is CCCCCCCCCCCCCCCC/C=C\CC/C=C\CCCC(=O)Oc1ccc(C=O)cc1OC. The van der Waals surface area contributed by atoms with E-state index in [1.54, 1.807) is 18.2 Å². The lowest BCUT2D eigenvalue weighted by atomic mass is 10.0. The summed E-state index contributed by atoms with van der Waals surface area (Å²) in [6.45, 7) is 2.28. The summed E-state index contributed by atoms with van der Waals surface area (Å²) in [6.07, 6.45) is 34.7. The van der Waals surface area contributed by atoms with Crippen molar-refractivity contribution in [3.63, 3.8) is 0 Å². The van der Waals surface area contributed by atoms with E-state index in [9.17, 15) is 9.59 Å². The molecular weight excluding hydrogens is 472 g/mol. The maximum atomic E-state index is 12.1. The molecule has 0 saturated heterocycles. The minimum absolute atomic E-state index is 0.290. The van der Waals surface area contributed by atoms with Gasteiger partial charge < -0.3 is 9.47 Å². The van der Waals surface area contributed by atoms with E-state index in [0.717, 1.165) is 32.0 Å². The monoisotopic (exact) mass is 526 g/mol. The van der Waals surface area contributed by atoms with E-state index in [4.69, 9.17) is 9.47 Å². The highest BCUT2D eigenvalue weighted by Crippen LogP contribution is 2.28. The number of rotatable bonds is 25. The van der Waals surface area contributed by atoms with Crippen molar-refractivity contribution in [2.24, 2.45) is 0 Å². The molecule has 0 bridgehead atoms. The van der Waals surface area contributed by atoms with Crippen LogP contribution in [0, 0.1) is 0 Å². The molecule has 214 valence electrons. The highest BCUT2D eigenvalue weighted by Gasteiger charge is 2.10. The fourth-order valence-electron chi connectivity index (χ4n) is 4.50. The maximum Gasteiger partial charge on any atom is 0.311 e. The Morgan fingerprint density at radius 3 is 1.68 bits per heavy atom. The third-order valence-electron chi connectivity index (χ3n) is 6.86. The van der Waals surface area contributed by atoms with Gasteiger partial charge in [0, 0.05) is 12.0 Å². The molecule has 0 radical (unpaired) electrons. The van der Waals surface area contributed by atoms with Gasteiger partial charge in [0.15, 0.2) is 11.5 Å². The molecule has 0 aliphatic rings. The molecular formula is C34H54O4. The summed E-state index contributed by atoms with van der Waals surface area (Å²) in [5.41, 5.74) is 0.483. The first-order chi connectivity index (χ1) is 18.7. The zero-order chi connectivity index (χ0) is 27.5. The van der Waals surface area contributed by atoms with Crippen molar-refractivity contribution in [3.8, 4) is 11.5 Å². The number of esters is 1. The summed E-state index contributed by atoms with van der Waals surface area (Å²) in [7, 11) is 1.49. The van der Waals surface area contributed by atoms with Gasteiger partial charge in [-0.15, -0.1) is 0 Å². The minimum atomic E-state index is -0.290. The number of hydrogen-bond acceptors (Lipinski definition) is 4. The van der Waals surface area contributed by atoms with E-state index >= 15 is 0 Å². The topological polar surface area (TPSA) is 52.6 Å². The first-order valence-corrected chi connectivity index (χ1v) is 15.3. The molecule has 38 heavy (non-hydrogen) atoms. The molecule has 1 aromatic rings. The van der Waals surface area contributed by atoms with Gasteiger partial charge in [-0.2, -0.15) is 0 Å². The molecule has 0 unspecified atom stereocenters. The Kier molecular flexibility index (Phi) is 22.1. The molecule has 0 aliphatic heterocycles. The van der Waals surface area contributed by atoms with E-state index < -0.39 is 0 Å². The molecule has 0 aromatic heterocycles. The number of unbranched alkanes of at least 4 members (excludes halogenated alkanes) is 16. The average Bonchev–Trinajstić information content (AvgIpc) is 2.93.